The first kappa shape index (κ1) is 13.4. The zero-order valence-corrected chi connectivity index (χ0v) is 12.4. The largest absolute Gasteiger partial charge is 0.354 e. The second-order valence-electron chi connectivity index (χ2n) is 6.02. The van der Waals surface area contributed by atoms with Crippen molar-refractivity contribution < 1.29 is 0 Å². The smallest absolute Gasteiger partial charge is 0.147 e. The van der Waals surface area contributed by atoms with Gasteiger partial charge in [-0.25, -0.2) is 4.98 Å². The maximum atomic E-state index is 9.45. The highest BCUT2D eigenvalue weighted by atomic mass is 15.3. The molecule has 4 nitrogen and oxygen atoms in total. The summed E-state index contributed by atoms with van der Waals surface area (Å²) in [5.74, 6) is 0.902. The summed E-state index contributed by atoms with van der Waals surface area (Å²) in [6.07, 6.45) is 3.75. The van der Waals surface area contributed by atoms with Gasteiger partial charge >= 0.3 is 0 Å². The van der Waals surface area contributed by atoms with Gasteiger partial charge in [-0.05, 0) is 51.3 Å². The van der Waals surface area contributed by atoms with Gasteiger partial charge in [-0.3, -0.25) is 4.90 Å². The molecule has 0 bridgehead atoms. The number of pyridine rings is 1. The second kappa shape index (κ2) is 5.41. The highest BCUT2D eigenvalue weighted by Crippen LogP contribution is 2.27. The summed E-state index contributed by atoms with van der Waals surface area (Å²) in [5.41, 5.74) is 2.80. The summed E-state index contributed by atoms with van der Waals surface area (Å²) in [4.78, 5) is 9.62. The van der Waals surface area contributed by atoms with Crippen molar-refractivity contribution in [2.75, 3.05) is 31.1 Å². The highest BCUT2D eigenvalue weighted by molar-refractivity contribution is 5.58. The zero-order chi connectivity index (χ0) is 14.1. The van der Waals surface area contributed by atoms with Gasteiger partial charge in [0.1, 0.15) is 11.9 Å². The predicted molar refractivity (Wildman–Crippen MR) is 79.9 cm³/mol. The summed E-state index contributed by atoms with van der Waals surface area (Å²) in [5, 5.41) is 9.45. The van der Waals surface area contributed by atoms with Gasteiger partial charge in [0, 0.05) is 31.4 Å². The molecule has 4 heteroatoms. The SMILES string of the molecule is Cc1cc(C)c(C#N)c(N2CCCN3CCCC3C2)n1. The van der Waals surface area contributed by atoms with Crippen LogP contribution in [0.4, 0.5) is 5.82 Å². The number of hydrogen-bond donors (Lipinski definition) is 0. The van der Waals surface area contributed by atoms with E-state index in [1.807, 2.05) is 19.9 Å². The third kappa shape index (κ3) is 2.38. The van der Waals surface area contributed by atoms with Crippen molar-refractivity contribution in [2.24, 2.45) is 0 Å². The Morgan fingerprint density at radius 1 is 1.25 bits per heavy atom. The Hall–Kier alpha value is -1.60. The van der Waals surface area contributed by atoms with Crippen molar-refractivity contribution in [1.29, 1.82) is 5.26 Å². The molecule has 3 rings (SSSR count). The average molecular weight is 270 g/mol. The van der Waals surface area contributed by atoms with Crippen LogP contribution in [0.15, 0.2) is 6.07 Å². The fraction of sp³-hybridized carbons (Fsp3) is 0.625. The molecule has 0 spiro atoms. The Kier molecular flexibility index (Phi) is 3.62. The molecule has 0 radical (unpaired) electrons. The lowest BCUT2D eigenvalue weighted by molar-refractivity contribution is 0.273. The van der Waals surface area contributed by atoms with Crippen LogP contribution in [0.25, 0.3) is 0 Å². The van der Waals surface area contributed by atoms with Gasteiger partial charge in [0.15, 0.2) is 0 Å². The number of anilines is 1. The second-order valence-corrected chi connectivity index (χ2v) is 6.02. The third-order valence-corrected chi connectivity index (χ3v) is 4.54. The molecule has 0 amide bonds. The van der Waals surface area contributed by atoms with Gasteiger partial charge in [-0.1, -0.05) is 0 Å². The molecule has 1 aromatic rings. The fourth-order valence-corrected chi connectivity index (χ4v) is 3.58. The molecule has 0 aliphatic carbocycles. The molecule has 20 heavy (non-hydrogen) atoms. The quantitative estimate of drug-likeness (QED) is 0.785. The van der Waals surface area contributed by atoms with Crippen LogP contribution in [0.1, 0.15) is 36.1 Å². The fourth-order valence-electron chi connectivity index (χ4n) is 3.58. The zero-order valence-electron chi connectivity index (χ0n) is 12.4. The van der Waals surface area contributed by atoms with E-state index in [-0.39, 0.29) is 0 Å². The minimum absolute atomic E-state index is 0.645. The number of fused-ring (bicyclic) bond motifs is 1. The van der Waals surface area contributed by atoms with E-state index in [0.29, 0.717) is 6.04 Å². The summed E-state index contributed by atoms with van der Waals surface area (Å²) in [6.45, 7) is 8.48. The molecule has 1 atom stereocenters. The normalized spacial score (nSPS) is 23.2. The molecule has 1 aromatic heterocycles. The molecule has 2 aliphatic heterocycles. The summed E-state index contributed by atoms with van der Waals surface area (Å²) >= 11 is 0. The van der Waals surface area contributed by atoms with Crippen molar-refractivity contribution in [3.63, 3.8) is 0 Å². The molecule has 0 N–H and O–H groups in total. The van der Waals surface area contributed by atoms with Gasteiger partial charge in [-0.15, -0.1) is 0 Å². The first-order valence-corrected chi connectivity index (χ1v) is 7.56. The number of rotatable bonds is 1. The number of nitrogens with zero attached hydrogens (tertiary/aromatic N) is 4. The van der Waals surface area contributed by atoms with Crippen LogP contribution in [0.3, 0.4) is 0 Å². The summed E-state index contributed by atoms with van der Waals surface area (Å²) in [7, 11) is 0. The van der Waals surface area contributed by atoms with Gasteiger partial charge in [0.05, 0.1) is 5.56 Å². The van der Waals surface area contributed by atoms with E-state index in [4.69, 9.17) is 0 Å². The molecular weight excluding hydrogens is 248 g/mol. The molecule has 1 unspecified atom stereocenters. The van der Waals surface area contributed by atoms with Crippen molar-refractivity contribution in [1.82, 2.24) is 9.88 Å². The van der Waals surface area contributed by atoms with E-state index in [1.54, 1.807) is 0 Å². The monoisotopic (exact) mass is 270 g/mol. The Balaban J connectivity index is 1.94. The van der Waals surface area contributed by atoms with E-state index in [0.717, 1.165) is 42.1 Å². The Morgan fingerprint density at radius 3 is 2.85 bits per heavy atom. The Morgan fingerprint density at radius 2 is 2.05 bits per heavy atom. The summed E-state index contributed by atoms with van der Waals surface area (Å²) in [6, 6.07) is 5.00. The van der Waals surface area contributed by atoms with E-state index in [2.05, 4.69) is 20.9 Å². The van der Waals surface area contributed by atoms with Crippen molar-refractivity contribution >= 4 is 5.82 Å². The first-order valence-electron chi connectivity index (χ1n) is 7.56. The minimum Gasteiger partial charge on any atom is -0.354 e. The molecule has 106 valence electrons. The molecule has 0 saturated carbocycles. The lowest BCUT2D eigenvalue weighted by atomic mass is 10.1. The molecule has 2 saturated heterocycles. The molecule has 0 aromatic carbocycles. The van der Waals surface area contributed by atoms with Crippen LogP contribution in [-0.2, 0) is 0 Å². The average Bonchev–Trinajstić information content (AvgIpc) is 2.75. The minimum atomic E-state index is 0.645. The van der Waals surface area contributed by atoms with Crippen molar-refractivity contribution in [2.45, 2.75) is 39.2 Å². The third-order valence-electron chi connectivity index (χ3n) is 4.54. The van der Waals surface area contributed by atoms with Crippen LogP contribution < -0.4 is 4.90 Å². The van der Waals surface area contributed by atoms with Crippen LogP contribution in [-0.4, -0.2) is 42.1 Å². The van der Waals surface area contributed by atoms with E-state index < -0.39 is 0 Å². The first-order chi connectivity index (χ1) is 9.69. The number of aryl methyl sites for hydroxylation is 2. The van der Waals surface area contributed by atoms with E-state index in [9.17, 15) is 5.26 Å². The van der Waals surface area contributed by atoms with Crippen LogP contribution in [0.5, 0.6) is 0 Å². The van der Waals surface area contributed by atoms with Crippen LogP contribution >= 0.6 is 0 Å². The molecule has 3 heterocycles. The van der Waals surface area contributed by atoms with Crippen LogP contribution in [0, 0.1) is 25.2 Å². The van der Waals surface area contributed by atoms with E-state index in [1.165, 1.54) is 25.9 Å². The predicted octanol–water partition coefficient (Wildman–Crippen LogP) is 2.24. The van der Waals surface area contributed by atoms with Crippen molar-refractivity contribution in [3.05, 3.63) is 22.9 Å². The van der Waals surface area contributed by atoms with Crippen molar-refractivity contribution in [3.8, 4) is 6.07 Å². The number of aromatic nitrogens is 1. The topological polar surface area (TPSA) is 43.2 Å². The Labute approximate surface area is 121 Å². The summed E-state index contributed by atoms with van der Waals surface area (Å²) < 4.78 is 0. The van der Waals surface area contributed by atoms with Gasteiger partial charge in [0.2, 0.25) is 0 Å². The van der Waals surface area contributed by atoms with Crippen LogP contribution in [0.2, 0.25) is 0 Å². The maximum absolute atomic E-state index is 9.45. The van der Waals surface area contributed by atoms with E-state index >= 15 is 0 Å². The Bertz CT molecular complexity index is 546. The van der Waals surface area contributed by atoms with Gasteiger partial charge in [-0.2, -0.15) is 5.26 Å². The maximum Gasteiger partial charge on any atom is 0.147 e. The van der Waals surface area contributed by atoms with Gasteiger partial charge in [0.25, 0.3) is 0 Å². The number of nitriles is 1. The molecular formula is C16H22N4. The molecule has 2 aliphatic rings. The number of hydrogen-bond acceptors (Lipinski definition) is 4. The molecule has 2 fully saturated rings. The highest BCUT2D eigenvalue weighted by Gasteiger charge is 2.30. The lowest BCUT2D eigenvalue weighted by Crippen LogP contribution is -2.37. The lowest BCUT2D eigenvalue weighted by Gasteiger charge is -2.27. The van der Waals surface area contributed by atoms with Gasteiger partial charge < -0.3 is 4.90 Å². The standard InChI is InChI=1S/C16H22N4/c1-12-9-13(2)18-16(15(12)10-17)20-8-4-7-19-6-3-5-14(19)11-20/h9,14H,3-8,11H2,1-2H3.